The molecule has 3 aromatic rings. The van der Waals surface area contributed by atoms with Crippen molar-refractivity contribution in [3.8, 4) is 11.1 Å². The molecule has 162 valence electrons. The van der Waals surface area contributed by atoms with Gasteiger partial charge in [-0.15, -0.1) is 5.10 Å². The van der Waals surface area contributed by atoms with Gasteiger partial charge < -0.3 is 9.84 Å². The average molecular weight is 430 g/mol. The minimum absolute atomic E-state index is 0.0239. The Kier molecular flexibility index (Phi) is 4.11. The SMILES string of the molecule is O=C(O)c1n[nH]nc1C12CCC(CC1)N2C(=O)OCC1c2ccccc2-c2ccccc21. The van der Waals surface area contributed by atoms with Crippen LogP contribution >= 0.6 is 0 Å². The molecule has 3 heterocycles. The lowest BCUT2D eigenvalue weighted by Crippen LogP contribution is -2.44. The monoisotopic (exact) mass is 430 g/mol. The number of aromatic carboxylic acids is 1. The van der Waals surface area contributed by atoms with Gasteiger partial charge in [-0.1, -0.05) is 48.5 Å². The smallest absolute Gasteiger partial charge is 0.410 e. The summed E-state index contributed by atoms with van der Waals surface area (Å²) >= 11 is 0. The van der Waals surface area contributed by atoms with Crippen molar-refractivity contribution >= 4 is 12.1 Å². The fourth-order valence-electron chi connectivity index (χ4n) is 5.97. The Hall–Kier alpha value is -3.68. The lowest BCUT2D eigenvalue weighted by atomic mass is 9.84. The van der Waals surface area contributed by atoms with Crippen LogP contribution in [0, 0.1) is 0 Å². The van der Waals surface area contributed by atoms with Crippen molar-refractivity contribution in [1.82, 2.24) is 20.3 Å². The number of aromatic nitrogens is 3. The Morgan fingerprint density at radius 3 is 2.28 bits per heavy atom. The number of rotatable bonds is 4. The Morgan fingerprint density at radius 2 is 1.66 bits per heavy atom. The second-order valence-corrected chi connectivity index (χ2v) is 8.76. The molecule has 32 heavy (non-hydrogen) atoms. The summed E-state index contributed by atoms with van der Waals surface area (Å²) in [7, 11) is 0. The van der Waals surface area contributed by atoms with Crippen molar-refractivity contribution in [1.29, 1.82) is 0 Å². The maximum atomic E-state index is 13.4. The lowest BCUT2D eigenvalue weighted by Gasteiger charge is -2.33. The molecule has 2 aliphatic heterocycles. The van der Waals surface area contributed by atoms with Crippen LogP contribution in [0.1, 0.15) is 58.9 Å². The third-order valence-corrected chi connectivity index (χ3v) is 7.33. The second-order valence-electron chi connectivity index (χ2n) is 8.76. The van der Waals surface area contributed by atoms with E-state index in [-0.39, 0.29) is 24.3 Å². The summed E-state index contributed by atoms with van der Waals surface area (Å²) in [5, 5.41) is 19.9. The van der Waals surface area contributed by atoms with E-state index < -0.39 is 17.6 Å². The summed E-state index contributed by atoms with van der Waals surface area (Å²) in [4.78, 5) is 26.8. The van der Waals surface area contributed by atoms with E-state index in [2.05, 4.69) is 39.7 Å². The third kappa shape index (κ3) is 2.55. The molecule has 2 bridgehead atoms. The molecule has 0 unspecified atom stereocenters. The number of H-pyrrole nitrogens is 1. The normalized spacial score (nSPS) is 23.2. The molecule has 6 rings (SSSR count). The fraction of sp³-hybridized carbons (Fsp3) is 0.333. The van der Waals surface area contributed by atoms with E-state index in [4.69, 9.17) is 4.74 Å². The quantitative estimate of drug-likeness (QED) is 0.650. The molecule has 1 amide bonds. The summed E-state index contributed by atoms with van der Waals surface area (Å²) in [6, 6.07) is 16.5. The number of nitrogens with one attached hydrogen (secondary N) is 1. The summed E-state index contributed by atoms with van der Waals surface area (Å²) in [6.45, 7) is 0.233. The number of carboxylic acids is 1. The first-order valence-corrected chi connectivity index (χ1v) is 10.9. The van der Waals surface area contributed by atoms with Crippen LogP contribution in [0.25, 0.3) is 11.1 Å². The van der Waals surface area contributed by atoms with Crippen molar-refractivity contribution in [2.75, 3.05) is 6.61 Å². The Morgan fingerprint density at radius 1 is 1.03 bits per heavy atom. The highest BCUT2D eigenvalue weighted by Gasteiger charge is 2.58. The van der Waals surface area contributed by atoms with Crippen LogP contribution in [0.5, 0.6) is 0 Å². The van der Waals surface area contributed by atoms with Crippen LogP contribution in [0.15, 0.2) is 48.5 Å². The number of fused-ring (bicyclic) bond motifs is 5. The zero-order valence-corrected chi connectivity index (χ0v) is 17.3. The molecular weight excluding hydrogens is 408 g/mol. The third-order valence-electron chi connectivity index (χ3n) is 7.33. The van der Waals surface area contributed by atoms with Crippen molar-refractivity contribution in [2.45, 2.75) is 43.2 Å². The number of aromatic amines is 1. The number of nitrogens with zero attached hydrogens (tertiary/aromatic N) is 3. The van der Waals surface area contributed by atoms with E-state index in [0.717, 1.165) is 24.0 Å². The zero-order valence-electron chi connectivity index (χ0n) is 17.3. The van der Waals surface area contributed by atoms with Gasteiger partial charge in [-0.2, -0.15) is 10.3 Å². The maximum Gasteiger partial charge on any atom is 0.410 e. The van der Waals surface area contributed by atoms with Gasteiger partial charge in [0.2, 0.25) is 0 Å². The Bertz CT molecular complexity index is 1180. The molecule has 0 radical (unpaired) electrons. The number of benzene rings is 2. The van der Waals surface area contributed by atoms with Crippen LogP contribution in [0.2, 0.25) is 0 Å². The van der Waals surface area contributed by atoms with E-state index >= 15 is 0 Å². The number of hydrogen-bond acceptors (Lipinski definition) is 5. The minimum Gasteiger partial charge on any atom is -0.476 e. The number of ether oxygens (including phenoxy) is 1. The summed E-state index contributed by atoms with van der Waals surface area (Å²) in [5.41, 5.74) is 4.11. The standard InChI is InChI=1S/C24H22N4O4/c29-22(30)20-21(26-27-25-20)24-11-9-14(10-12-24)28(24)23(31)32-13-19-17-7-3-1-5-15(17)16-6-2-4-8-18(16)19/h1-8,14,19H,9-13H2,(H,29,30)(H,25,26,27). The van der Waals surface area contributed by atoms with E-state index in [0.29, 0.717) is 18.5 Å². The number of carboxylic acid groups (broad SMARTS) is 1. The number of carbonyl (C=O) groups excluding carboxylic acids is 1. The van der Waals surface area contributed by atoms with Gasteiger partial charge in [-0.05, 0) is 47.9 Å². The van der Waals surface area contributed by atoms with Crippen LogP contribution in [0.4, 0.5) is 4.79 Å². The van der Waals surface area contributed by atoms with Crippen LogP contribution in [-0.2, 0) is 10.3 Å². The van der Waals surface area contributed by atoms with Gasteiger partial charge in [0.1, 0.15) is 12.3 Å². The van der Waals surface area contributed by atoms with Gasteiger partial charge in [0.05, 0.1) is 5.54 Å². The number of amides is 1. The molecule has 1 aromatic heterocycles. The largest absolute Gasteiger partial charge is 0.476 e. The average Bonchev–Trinajstić information content (AvgIpc) is 3.58. The van der Waals surface area contributed by atoms with Crippen molar-refractivity contribution in [2.24, 2.45) is 0 Å². The summed E-state index contributed by atoms with van der Waals surface area (Å²) < 4.78 is 5.91. The molecule has 8 heteroatoms. The molecule has 2 N–H and O–H groups in total. The molecule has 3 aliphatic rings. The van der Waals surface area contributed by atoms with E-state index in [1.165, 1.54) is 11.1 Å². The predicted octanol–water partition coefficient (Wildman–Crippen LogP) is 3.91. The van der Waals surface area contributed by atoms with Crippen LogP contribution in [0.3, 0.4) is 0 Å². The zero-order chi connectivity index (χ0) is 21.9. The van der Waals surface area contributed by atoms with E-state index in [1.54, 1.807) is 4.90 Å². The number of carbonyl (C=O) groups is 2. The highest BCUT2D eigenvalue weighted by Crippen LogP contribution is 2.53. The summed E-state index contributed by atoms with van der Waals surface area (Å²) in [6.07, 6.45) is 2.52. The molecule has 2 fully saturated rings. The van der Waals surface area contributed by atoms with Gasteiger partial charge >= 0.3 is 12.1 Å². The first-order chi connectivity index (χ1) is 15.6. The molecule has 0 spiro atoms. The lowest BCUT2D eigenvalue weighted by molar-refractivity contribution is 0.0633. The molecule has 8 nitrogen and oxygen atoms in total. The van der Waals surface area contributed by atoms with E-state index in [9.17, 15) is 14.7 Å². The van der Waals surface area contributed by atoms with Gasteiger partial charge in [0.15, 0.2) is 5.69 Å². The molecule has 2 aromatic carbocycles. The van der Waals surface area contributed by atoms with Crippen LogP contribution < -0.4 is 0 Å². The van der Waals surface area contributed by atoms with Gasteiger partial charge in [0, 0.05) is 12.0 Å². The molecular formula is C24H22N4O4. The van der Waals surface area contributed by atoms with Crippen molar-refractivity contribution in [3.63, 3.8) is 0 Å². The molecule has 2 saturated heterocycles. The van der Waals surface area contributed by atoms with Gasteiger partial charge in [0.25, 0.3) is 0 Å². The first kappa shape index (κ1) is 19.0. The molecule has 1 aliphatic carbocycles. The Balaban J connectivity index is 1.28. The molecule has 0 atom stereocenters. The van der Waals surface area contributed by atoms with Crippen molar-refractivity contribution < 1.29 is 19.4 Å². The van der Waals surface area contributed by atoms with Gasteiger partial charge in [-0.3, -0.25) is 4.90 Å². The number of hydrogen-bond donors (Lipinski definition) is 2. The minimum atomic E-state index is -1.15. The maximum absolute atomic E-state index is 13.4. The highest BCUT2D eigenvalue weighted by molar-refractivity contribution is 5.87. The van der Waals surface area contributed by atoms with Gasteiger partial charge in [-0.25, -0.2) is 9.59 Å². The second kappa shape index (κ2) is 6.91. The topological polar surface area (TPSA) is 108 Å². The fourth-order valence-corrected chi connectivity index (χ4v) is 5.97. The van der Waals surface area contributed by atoms with Crippen molar-refractivity contribution in [3.05, 3.63) is 71.0 Å². The Labute approximate surface area is 184 Å². The van der Waals surface area contributed by atoms with Crippen LogP contribution in [-0.4, -0.2) is 50.1 Å². The van der Waals surface area contributed by atoms with E-state index in [1.807, 2.05) is 24.3 Å². The summed E-state index contributed by atoms with van der Waals surface area (Å²) in [5.74, 6) is -1.17. The highest BCUT2D eigenvalue weighted by atomic mass is 16.6. The predicted molar refractivity (Wildman–Crippen MR) is 114 cm³/mol. The first-order valence-electron chi connectivity index (χ1n) is 10.9. The molecule has 0 saturated carbocycles.